The minimum Gasteiger partial charge on any atom is -0.306 e. The maximum Gasteiger partial charge on any atom is 0.267 e. The molecule has 2 atom stereocenters. The second kappa shape index (κ2) is 6.24. The number of rotatable bonds is 2. The highest BCUT2D eigenvalue weighted by atomic mass is 32.2. The number of aryl methyl sites for hydroxylation is 1. The molecule has 0 spiro atoms. The van der Waals surface area contributed by atoms with E-state index in [9.17, 15) is 21.6 Å². The highest BCUT2D eigenvalue weighted by Gasteiger charge is 2.47. The first kappa shape index (κ1) is 18.3. The summed E-state index contributed by atoms with van der Waals surface area (Å²) in [7, 11) is -2.42. The summed E-state index contributed by atoms with van der Waals surface area (Å²) < 4.78 is 69.1. The summed E-state index contributed by atoms with van der Waals surface area (Å²) >= 11 is 0. The molecular formula is C19H19F3N2O2S. The number of halogens is 3. The smallest absolute Gasteiger partial charge is 0.267 e. The highest BCUT2D eigenvalue weighted by Crippen LogP contribution is 2.47. The quantitative estimate of drug-likeness (QED) is 0.731. The van der Waals surface area contributed by atoms with Crippen LogP contribution in [0.1, 0.15) is 23.5 Å². The molecule has 8 heteroatoms. The molecule has 1 saturated heterocycles. The van der Waals surface area contributed by atoms with Gasteiger partial charge in [0.1, 0.15) is 4.90 Å². The molecule has 0 unspecified atom stereocenters. The predicted octanol–water partition coefficient (Wildman–Crippen LogP) is 3.41. The van der Waals surface area contributed by atoms with Crippen LogP contribution >= 0.6 is 0 Å². The zero-order valence-corrected chi connectivity index (χ0v) is 15.7. The summed E-state index contributed by atoms with van der Waals surface area (Å²) in [6, 6.07) is 6.50. The third kappa shape index (κ3) is 2.73. The third-order valence-electron chi connectivity index (χ3n) is 5.44. The summed E-state index contributed by atoms with van der Waals surface area (Å²) in [5.74, 6) is -4.93. The van der Waals surface area contributed by atoms with Crippen molar-refractivity contribution in [3.63, 3.8) is 0 Å². The van der Waals surface area contributed by atoms with Crippen molar-refractivity contribution < 1.29 is 21.6 Å². The lowest BCUT2D eigenvalue weighted by Crippen LogP contribution is -2.47. The molecule has 144 valence electrons. The van der Waals surface area contributed by atoms with Gasteiger partial charge in [0.25, 0.3) is 10.0 Å². The van der Waals surface area contributed by atoms with Crippen LogP contribution in [-0.4, -0.2) is 39.5 Å². The van der Waals surface area contributed by atoms with Gasteiger partial charge in [-0.3, -0.25) is 4.31 Å². The fourth-order valence-electron chi connectivity index (χ4n) is 4.16. The average Bonchev–Trinajstić information content (AvgIpc) is 2.93. The van der Waals surface area contributed by atoms with Crippen LogP contribution in [0.3, 0.4) is 0 Å². The van der Waals surface area contributed by atoms with Crippen LogP contribution in [-0.2, 0) is 10.0 Å². The molecule has 2 heterocycles. The van der Waals surface area contributed by atoms with Gasteiger partial charge in [0.05, 0.1) is 11.7 Å². The molecule has 27 heavy (non-hydrogen) atoms. The van der Waals surface area contributed by atoms with Gasteiger partial charge in [-0.2, -0.15) is 0 Å². The number of benzene rings is 2. The first-order valence-electron chi connectivity index (χ1n) is 8.69. The number of nitrogens with zero attached hydrogens (tertiary/aromatic N) is 2. The van der Waals surface area contributed by atoms with Gasteiger partial charge in [-0.1, -0.05) is 17.7 Å². The van der Waals surface area contributed by atoms with E-state index in [1.54, 1.807) is 12.1 Å². The van der Waals surface area contributed by atoms with Crippen LogP contribution in [0.15, 0.2) is 35.2 Å². The molecule has 0 amide bonds. The predicted molar refractivity (Wildman–Crippen MR) is 95.8 cm³/mol. The summed E-state index contributed by atoms with van der Waals surface area (Å²) in [6.07, 6.45) is 0.569. The number of likely N-dealkylation sites (tertiary alicyclic amines) is 1. The summed E-state index contributed by atoms with van der Waals surface area (Å²) in [4.78, 5) is 1.29. The molecule has 4 rings (SSSR count). The largest absolute Gasteiger partial charge is 0.306 e. The standard InChI is InChI=1S/C19H19F3N2O2S/c1-11-3-5-15-12(9-11)13-10-23(2)8-7-16(13)24(15)27(25,26)17-6-4-14(20)18(21)19(17)22/h3-6,9,13,16H,7-8,10H2,1-2H3/t13-,16-/m0/s1. The molecule has 0 N–H and O–H groups in total. The van der Waals surface area contributed by atoms with Gasteiger partial charge in [-0.25, -0.2) is 21.6 Å². The SMILES string of the molecule is Cc1ccc2c(c1)[C@@H]1CN(C)CC[C@@H]1N2S(=O)(=O)c1ccc(F)c(F)c1F. The van der Waals surface area contributed by atoms with Crippen LogP contribution in [0.5, 0.6) is 0 Å². The van der Waals surface area contributed by atoms with Gasteiger partial charge in [-0.15, -0.1) is 0 Å². The fourth-order valence-corrected chi connectivity index (χ4v) is 5.96. The Morgan fingerprint density at radius 2 is 1.81 bits per heavy atom. The van der Waals surface area contributed by atoms with Crippen molar-refractivity contribution >= 4 is 15.7 Å². The Kier molecular flexibility index (Phi) is 4.23. The normalized spacial score (nSPS) is 22.6. The zero-order chi connectivity index (χ0) is 19.5. The topological polar surface area (TPSA) is 40.6 Å². The van der Waals surface area contributed by atoms with E-state index in [1.165, 1.54) is 4.31 Å². The molecule has 1 fully saturated rings. The van der Waals surface area contributed by atoms with E-state index < -0.39 is 32.4 Å². The second-order valence-electron chi connectivity index (χ2n) is 7.26. The highest BCUT2D eigenvalue weighted by molar-refractivity contribution is 7.93. The molecule has 2 aliphatic rings. The van der Waals surface area contributed by atoms with Crippen LogP contribution in [0.4, 0.5) is 18.9 Å². The summed E-state index contributed by atoms with van der Waals surface area (Å²) in [6.45, 7) is 3.29. The molecule has 2 aromatic carbocycles. The minimum absolute atomic E-state index is 0.0539. The Morgan fingerprint density at radius 1 is 1.07 bits per heavy atom. The van der Waals surface area contributed by atoms with Crippen molar-refractivity contribution in [2.24, 2.45) is 0 Å². The lowest BCUT2D eigenvalue weighted by Gasteiger charge is -2.36. The van der Waals surface area contributed by atoms with Crippen molar-refractivity contribution in [2.75, 3.05) is 24.4 Å². The molecule has 0 aliphatic carbocycles. The molecule has 4 nitrogen and oxygen atoms in total. The lowest BCUT2D eigenvalue weighted by atomic mass is 9.89. The zero-order valence-electron chi connectivity index (χ0n) is 14.9. The van der Waals surface area contributed by atoms with E-state index in [1.807, 2.05) is 20.0 Å². The van der Waals surface area contributed by atoms with Gasteiger partial charge in [0.15, 0.2) is 17.5 Å². The molecular weight excluding hydrogens is 377 g/mol. The summed E-state index contributed by atoms with van der Waals surface area (Å²) in [5.41, 5.74) is 2.37. The van der Waals surface area contributed by atoms with E-state index >= 15 is 0 Å². The Hall–Kier alpha value is -2.06. The van der Waals surface area contributed by atoms with Gasteiger partial charge in [0, 0.05) is 12.5 Å². The van der Waals surface area contributed by atoms with Crippen LogP contribution < -0.4 is 4.31 Å². The van der Waals surface area contributed by atoms with Crippen molar-refractivity contribution in [3.8, 4) is 0 Å². The van der Waals surface area contributed by atoms with E-state index in [0.29, 0.717) is 31.3 Å². The number of anilines is 1. The number of hydrogen-bond acceptors (Lipinski definition) is 3. The molecule has 2 aliphatic heterocycles. The summed E-state index contributed by atoms with van der Waals surface area (Å²) in [5, 5.41) is 0. The number of piperidine rings is 1. The van der Waals surface area contributed by atoms with Crippen molar-refractivity contribution in [1.82, 2.24) is 4.90 Å². The number of fused-ring (bicyclic) bond motifs is 3. The van der Waals surface area contributed by atoms with Crippen molar-refractivity contribution in [2.45, 2.75) is 30.2 Å². The van der Waals surface area contributed by atoms with Gasteiger partial charge >= 0.3 is 0 Å². The van der Waals surface area contributed by atoms with Crippen LogP contribution in [0.25, 0.3) is 0 Å². The maximum atomic E-state index is 14.3. The Balaban J connectivity index is 1.89. The maximum absolute atomic E-state index is 14.3. The van der Waals surface area contributed by atoms with E-state index in [4.69, 9.17) is 0 Å². The Morgan fingerprint density at radius 3 is 2.56 bits per heavy atom. The number of likely N-dealkylation sites (N-methyl/N-ethyl adjacent to an activating group) is 1. The number of sulfonamides is 1. The Labute approximate surface area is 156 Å². The van der Waals surface area contributed by atoms with E-state index in [-0.39, 0.29) is 12.0 Å². The molecule has 2 aromatic rings. The van der Waals surface area contributed by atoms with Gasteiger partial charge < -0.3 is 4.90 Å². The molecule has 0 saturated carbocycles. The van der Waals surface area contributed by atoms with Crippen molar-refractivity contribution in [1.29, 1.82) is 0 Å². The fraction of sp³-hybridized carbons (Fsp3) is 0.368. The first-order chi connectivity index (χ1) is 12.7. The third-order valence-corrected chi connectivity index (χ3v) is 7.29. The second-order valence-corrected chi connectivity index (χ2v) is 9.04. The number of hydrogen-bond donors (Lipinski definition) is 0. The van der Waals surface area contributed by atoms with E-state index in [0.717, 1.165) is 17.2 Å². The van der Waals surface area contributed by atoms with Gasteiger partial charge in [-0.05, 0) is 50.7 Å². The first-order valence-corrected chi connectivity index (χ1v) is 10.1. The van der Waals surface area contributed by atoms with Crippen molar-refractivity contribution in [3.05, 3.63) is 58.9 Å². The van der Waals surface area contributed by atoms with Gasteiger partial charge in [0.2, 0.25) is 0 Å². The molecule has 0 radical (unpaired) electrons. The molecule has 0 aromatic heterocycles. The molecule has 0 bridgehead atoms. The van der Waals surface area contributed by atoms with E-state index in [2.05, 4.69) is 4.90 Å². The minimum atomic E-state index is -4.39. The Bertz CT molecular complexity index is 1030. The van der Waals surface area contributed by atoms with Crippen LogP contribution in [0, 0.1) is 24.4 Å². The lowest BCUT2D eigenvalue weighted by molar-refractivity contribution is 0.237. The average molecular weight is 396 g/mol. The van der Waals surface area contributed by atoms with Crippen LogP contribution in [0.2, 0.25) is 0 Å². The monoisotopic (exact) mass is 396 g/mol.